The molecular formula is C17H17N3O2S. The van der Waals surface area contributed by atoms with Crippen LogP contribution in [0.2, 0.25) is 0 Å². The summed E-state index contributed by atoms with van der Waals surface area (Å²) in [6.07, 6.45) is 1.87. The number of anilines is 1. The maximum Gasteiger partial charge on any atom is 0.341 e. The van der Waals surface area contributed by atoms with Crippen molar-refractivity contribution in [2.75, 3.05) is 12.3 Å². The molecular weight excluding hydrogens is 310 g/mol. The van der Waals surface area contributed by atoms with Crippen LogP contribution in [0.15, 0.2) is 42.6 Å². The fraction of sp³-hybridized carbons (Fsp3) is 0.176. The van der Waals surface area contributed by atoms with E-state index in [4.69, 9.17) is 10.5 Å². The number of carbonyl (C=O) groups excluding carboxylic acids is 1. The Kier molecular flexibility index (Phi) is 4.16. The van der Waals surface area contributed by atoms with Crippen molar-refractivity contribution in [3.8, 4) is 21.7 Å². The molecule has 1 aromatic carbocycles. The number of nitrogen functional groups attached to an aromatic ring is 1. The predicted octanol–water partition coefficient (Wildman–Crippen LogP) is 3.57. The van der Waals surface area contributed by atoms with Gasteiger partial charge in [-0.15, -0.1) is 11.3 Å². The normalized spacial score (nSPS) is 10.7. The summed E-state index contributed by atoms with van der Waals surface area (Å²) in [6, 6.07) is 11.6. The number of nitrogens with zero attached hydrogens (tertiary/aromatic N) is 2. The fourth-order valence-electron chi connectivity index (χ4n) is 2.45. The number of aryl methyl sites for hydroxylation is 1. The van der Waals surface area contributed by atoms with Crippen LogP contribution in [0.1, 0.15) is 17.3 Å². The van der Waals surface area contributed by atoms with Crippen molar-refractivity contribution in [3.63, 3.8) is 0 Å². The lowest BCUT2D eigenvalue weighted by Crippen LogP contribution is -2.07. The summed E-state index contributed by atoms with van der Waals surface area (Å²) >= 11 is 1.36. The maximum atomic E-state index is 12.4. The Morgan fingerprint density at radius 3 is 2.65 bits per heavy atom. The molecule has 0 aliphatic rings. The Morgan fingerprint density at radius 2 is 2.04 bits per heavy atom. The lowest BCUT2D eigenvalue weighted by Gasteiger charge is -2.07. The van der Waals surface area contributed by atoms with Gasteiger partial charge in [-0.25, -0.2) is 4.79 Å². The largest absolute Gasteiger partial charge is 0.462 e. The van der Waals surface area contributed by atoms with Crippen molar-refractivity contribution in [1.29, 1.82) is 0 Å². The van der Waals surface area contributed by atoms with E-state index in [1.807, 2.05) is 49.6 Å². The molecule has 0 unspecified atom stereocenters. The molecule has 5 nitrogen and oxygen atoms in total. The lowest BCUT2D eigenvalue weighted by atomic mass is 10.00. The Balaban J connectivity index is 2.25. The van der Waals surface area contributed by atoms with Gasteiger partial charge >= 0.3 is 5.97 Å². The summed E-state index contributed by atoms with van der Waals surface area (Å²) in [6.45, 7) is 2.09. The van der Waals surface area contributed by atoms with Gasteiger partial charge < -0.3 is 10.5 Å². The second-order valence-electron chi connectivity index (χ2n) is 5.01. The summed E-state index contributed by atoms with van der Waals surface area (Å²) < 4.78 is 6.91. The second-order valence-corrected chi connectivity index (χ2v) is 6.06. The van der Waals surface area contributed by atoms with E-state index in [1.54, 1.807) is 11.6 Å². The van der Waals surface area contributed by atoms with Crippen LogP contribution in [0.5, 0.6) is 0 Å². The van der Waals surface area contributed by atoms with E-state index in [0.717, 1.165) is 21.7 Å². The first-order valence-corrected chi connectivity index (χ1v) is 8.08. The fourth-order valence-corrected chi connectivity index (χ4v) is 3.49. The lowest BCUT2D eigenvalue weighted by molar-refractivity contribution is 0.0529. The highest BCUT2D eigenvalue weighted by Crippen LogP contribution is 2.44. The zero-order valence-corrected chi connectivity index (χ0v) is 13.8. The molecule has 23 heavy (non-hydrogen) atoms. The molecule has 2 heterocycles. The van der Waals surface area contributed by atoms with Gasteiger partial charge in [0, 0.05) is 18.8 Å². The van der Waals surface area contributed by atoms with Crippen molar-refractivity contribution in [2.45, 2.75) is 6.92 Å². The number of esters is 1. The van der Waals surface area contributed by atoms with Crippen LogP contribution in [0.4, 0.5) is 5.00 Å². The van der Waals surface area contributed by atoms with Crippen molar-refractivity contribution in [1.82, 2.24) is 9.78 Å². The van der Waals surface area contributed by atoms with Gasteiger partial charge in [-0.3, -0.25) is 4.68 Å². The summed E-state index contributed by atoms with van der Waals surface area (Å²) in [5.41, 5.74) is 9.05. The first kappa shape index (κ1) is 15.3. The van der Waals surface area contributed by atoms with Crippen molar-refractivity contribution < 1.29 is 9.53 Å². The van der Waals surface area contributed by atoms with Crippen LogP contribution in [0.3, 0.4) is 0 Å². The third-order valence-electron chi connectivity index (χ3n) is 3.42. The smallest absolute Gasteiger partial charge is 0.341 e. The van der Waals surface area contributed by atoms with Crippen LogP contribution in [0.25, 0.3) is 21.7 Å². The molecule has 2 aromatic heterocycles. The number of hydrogen-bond acceptors (Lipinski definition) is 5. The Morgan fingerprint density at radius 1 is 1.30 bits per heavy atom. The standard InChI is InChI=1S/C17H17N3O2S/c1-3-22-17(21)14-13(11-7-5-4-6-8-11)15(23-16(14)18)12-9-10-20(2)19-12/h4-10H,3,18H2,1-2H3. The summed E-state index contributed by atoms with van der Waals surface area (Å²) in [7, 11) is 1.86. The summed E-state index contributed by atoms with van der Waals surface area (Å²) in [5, 5.41) is 4.89. The molecule has 0 saturated heterocycles. The molecule has 0 aliphatic heterocycles. The minimum atomic E-state index is -0.401. The van der Waals surface area contributed by atoms with E-state index in [1.165, 1.54) is 11.3 Å². The maximum absolute atomic E-state index is 12.4. The quantitative estimate of drug-likeness (QED) is 0.744. The van der Waals surface area contributed by atoms with E-state index in [9.17, 15) is 4.79 Å². The highest BCUT2D eigenvalue weighted by Gasteiger charge is 2.26. The zero-order valence-electron chi connectivity index (χ0n) is 12.9. The SMILES string of the molecule is CCOC(=O)c1c(N)sc(-c2ccn(C)n2)c1-c1ccccc1. The highest BCUT2D eigenvalue weighted by molar-refractivity contribution is 7.20. The number of ether oxygens (including phenoxy) is 1. The average Bonchev–Trinajstić information content (AvgIpc) is 3.11. The molecule has 6 heteroatoms. The van der Waals surface area contributed by atoms with Crippen LogP contribution in [-0.4, -0.2) is 22.4 Å². The molecule has 2 N–H and O–H groups in total. The first-order chi connectivity index (χ1) is 11.1. The van der Waals surface area contributed by atoms with Crippen molar-refractivity contribution in [3.05, 3.63) is 48.2 Å². The number of rotatable bonds is 4. The molecule has 3 rings (SSSR count). The Labute approximate surface area is 138 Å². The summed E-state index contributed by atoms with van der Waals surface area (Å²) in [5.74, 6) is -0.401. The zero-order chi connectivity index (χ0) is 16.4. The number of benzene rings is 1. The average molecular weight is 327 g/mol. The Bertz CT molecular complexity index is 837. The van der Waals surface area contributed by atoms with Gasteiger partial charge in [0.15, 0.2) is 0 Å². The number of thiophene rings is 1. The first-order valence-electron chi connectivity index (χ1n) is 7.26. The van der Waals surface area contributed by atoms with Crippen molar-refractivity contribution >= 4 is 22.3 Å². The third kappa shape index (κ3) is 2.85. The van der Waals surface area contributed by atoms with Crippen LogP contribution in [0, 0.1) is 0 Å². The van der Waals surface area contributed by atoms with Gasteiger partial charge in [-0.2, -0.15) is 5.10 Å². The second kappa shape index (κ2) is 6.26. The molecule has 0 saturated carbocycles. The molecule has 0 amide bonds. The minimum absolute atomic E-state index is 0.307. The molecule has 0 atom stereocenters. The van der Waals surface area contributed by atoms with Gasteiger partial charge in [-0.1, -0.05) is 30.3 Å². The molecule has 0 fully saturated rings. The minimum Gasteiger partial charge on any atom is -0.462 e. The summed E-state index contributed by atoms with van der Waals surface area (Å²) in [4.78, 5) is 13.3. The molecule has 0 spiro atoms. The molecule has 0 radical (unpaired) electrons. The number of carbonyl (C=O) groups is 1. The van der Waals surface area contributed by atoms with Crippen LogP contribution >= 0.6 is 11.3 Å². The van der Waals surface area contributed by atoms with E-state index in [0.29, 0.717) is 17.2 Å². The van der Waals surface area contributed by atoms with Crippen LogP contribution in [-0.2, 0) is 11.8 Å². The van der Waals surface area contributed by atoms with Gasteiger partial charge in [-0.05, 0) is 18.6 Å². The number of nitrogens with two attached hydrogens (primary N) is 1. The highest BCUT2D eigenvalue weighted by atomic mass is 32.1. The van der Waals surface area contributed by atoms with Gasteiger partial charge in [0.05, 0.1) is 11.5 Å². The van der Waals surface area contributed by atoms with Gasteiger partial charge in [0.25, 0.3) is 0 Å². The van der Waals surface area contributed by atoms with Gasteiger partial charge in [0.2, 0.25) is 0 Å². The van der Waals surface area contributed by atoms with Crippen LogP contribution < -0.4 is 5.73 Å². The van der Waals surface area contributed by atoms with E-state index < -0.39 is 5.97 Å². The van der Waals surface area contributed by atoms with Crippen molar-refractivity contribution in [2.24, 2.45) is 7.05 Å². The van der Waals surface area contributed by atoms with E-state index in [-0.39, 0.29) is 0 Å². The predicted molar refractivity (Wildman–Crippen MR) is 92.3 cm³/mol. The molecule has 0 bridgehead atoms. The van der Waals surface area contributed by atoms with E-state index in [2.05, 4.69) is 5.10 Å². The molecule has 3 aromatic rings. The Hall–Kier alpha value is -2.60. The monoisotopic (exact) mass is 327 g/mol. The third-order valence-corrected chi connectivity index (χ3v) is 4.47. The topological polar surface area (TPSA) is 70.1 Å². The number of hydrogen-bond donors (Lipinski definition) is 1. The van der Waals surface area contributed by atoms with Gasteiger partial charge in [0.1, 0.15) is 16.3 Å². The van der Waals surface area contributed by atoms with E-state index >= 15 is 0 Å². The molecule has 0 aliphatic carbocycles. The number of aromatic nitrogens is 2. The molecule has 118 valence electrons.